The summed E-state index contributed by atoms with van der Waals surface area (Å²) in [7, 11) is 1.57. The first-order valence-electron chi connectivity index (χ1n) is 7.33. The van der Waals surface area contributed by atoms with Crippen LogP contribution in [0.25, 0.3) is 11.1 Å². The summed E-state index contributed by atoms with van der Waals surface area (Å²) in [5, 5.41) is 1.09. The van der Waals surface area contributed by atoms with Gasteiger partial charge in [-0.05, 0) is 35.9 Å². The molecule has 0 spiro atoms. The number of carbonyl (C=O) groups excluding carboxylic acids is 1. The zero-order chi connectivity index (χ0) is 17.1. The van der Waals surface area contributed by atoms with Gasteiger partial charge in [0.15, 0.2) is 5.78 Å². The van der Waals surface area contributed by atoms with Crippen molar-refractivity contribution in [2.45, 2.75) is 0 Å². The zero-order valence-corrected chi connectivity index (χ0v) is 14.4. The number of hydrogen-bond acceptors (Lipinski definition) is 2. The Balaban J connectivity index is 2.04. The summed E-state index contributed by atoms with van der Waals surface area (Å²) in [5.74, 6) is 0.541. The summed E-state index contributed by atoms with van der Waals surface area (Å²) in [6.07, 6.45) is 0. The van der Waals surface area contributed by atoms with Gasteiger partial charge in [-0.25, -0.2) is 0 Å². The molecule has 0 atom stereocenters. The van der Waals surface area contributed by atoms with Gasteiger partial charge < -0.3 is 4.74 Å². The first-order chi connectivity index (χ1) is 11.6. The molecule has 0 N–H and O–H groups in total. The maximum Gasteiger partial charge on any atom is 0.193 e. The molecule has 0 heterocycles. The molecule has 2 nitrogen and oxygen atoms in total. The van der Waals surface area contributed by atoms with Crippen LogP contribution in [0.5, 0.6) is 5.75 Å². The predicted molar refractivity (Wildman–Crippen MR) is 98.3 cm³/mol. The van der Waals surface area contributed by atoms with E-state index in [2.05, 4.69) is 0 Å². The smallest absolute Gasteiger partial charge is 0.193 e. The molecule has 0 radical (unpaired) electrons. The van der Waals surface area contributed by atoms with Gasteiger partial charge in [-0.3, -0.25) is 4.79 Å². The number of carbonyl (C=O) groups is 1. The van der Waals surface area contributed by atoms with Gasteiger partial charge in [0.05, 0.1) is 7.11 Å². The third-order valence-corrected chi connectivity index (χ3v) is 4.11. The standard InChI is InChI=1S/C20H14Cl2O2/c1-24-19-11-14(20(23)13-5-3-2-4-6-13)7-8-18(19)15-9-16(21)12-17(22)10-15/h2-12H,1H3. The van der Waals surface area contributed by atoms with E-state index >= 15 is 0 Å². The van der Waals surface area contributed by atoms with Crippen LogP contribution < -0.4 is 4.74 Å². The molecule has 120 valence electrons. The third kappa shape index (κ3) is 3.45. The fraction of sp³-hybridized carbons (Fsp3) is 0.0500. The molecule has 0 amide bonds. The van der Waals surface area contributed by atoms with E-state index in [0.717, 1.165) is 11.1 Å². The van der Waals surface area contributed by atoms with Crippen LogP contribution in [0.15, 0.2) is 66.7 Å². The minimum atomic E-state index is -0.0513. The highest BCUT2D eigenvalue weighted by molar-refractivity contribution is 6.35. The van der Waals surface area contributed by atoms with Gasteiger partial charge in [0, 0.05) is 26.7 Å². The van der Waals surface area contributed by atoms with Gasteiger partial charge >= 0.3 is 0 Å². The second kappa shape index (κ2) is 7.08. The van der Waals surface area contributed by atoms with Crippen molar-refractivity contribution in [1.82, 2.24) is 0 Å². The second-order valence-electron chi connectivity index (χ2n) is 5.27. The van der Waals surface area contributed by atoms with Crippen LogP contribution in [0.1, 0.15) is 15.9 Å². The van der Waals surface area contributed by atoms with E-state index in [1.165, 1.54) is 0 Å². The van der Waals surface area contributed by atoms with Crippen molar-refractivity contribution in [2.75, 3.05) is 7.11 Å². The molecule has 0 aliphatic carbocycles. The Bertz CT molecular complexity index is 869. The average molecular weight is 357 g/mol. The molecule has 3 rings (SSSR count). The number of hydrogen-bond donors (Lipinski definition) is 0. The number of ether oxygens (including phenoxy) is 1. The molecule has 0 aliphatic rings. The molecule has 0 unspecified atom stereocenters. The topological polar surface area (TPSA) is 26.3 Å². The van der Waals surface area contributed by atoms with Crippen molar-refractivity contribution < 1.29 is 9.53 Å². The molecule has 0 saturated carbocycles. The van der Waals surface area contributed by atoms with Crippen molar-refractivity contribution in [3.63, 3.8) is 0 Å². The highest BCUT2D eigenvalue weighted by Crippen LogP contribution is 2.34. The van der Waals surface area contributed by atoms with Crippen LogP contribution in [-0.2, 0) is 0 Å². The quantitative estimate of drug-likeness (QED) is 0.544. The fourth-order valence-electron chi connectivity index (χ4n) is 2.54. The van der Waals surface area contributed by atoms with Crippen LogP contribution in [0.4, 0.5) is 0 Å². The molecule has 0 aliphatic heterocycles. The van der Waals surface area contributed by atoms with E-state index in [1.807, 2.05) is 36.4 Å². The number of rotatable bonds is 4. The Hall–Kier alpha value is -2.29. The Morgan fingerprint density at radius 2 is 1.50 bits per heavy atom. The van der Waals surface area contributed by atoms with E-state index in [0.29, 0.717) is 26.9 Å². The lowest BCUT2D eigenvalue weighted by Crippen LogP contribution is -2.02. The van der Waals surface area contributed by atoms with Crippen LogP contribution in [0.3, 0.4) is 0 Å². The maximum atomic E-state index is 12.6. The summed E-state index contributed by atoms with van der Waals surface area (Å²) in [4.78, 5) is 12.6. The monoisotopic (exact) mass is 356 g/mol. The minimum Gasteiger partial charge on any atom is -0.496 e. The van der Waals surface area contributed by atoms with E-state index in [9.17, 15) is 4.79 Å². The molecule has 24 heavy (non-hydrogen) atoms. The number of methoxy groups -OCH3 is 1. The van der Waals surface area contributed by atoms with Gasteiger partial charge in [-0.15, -0.1) is 0 Å². The largest absolute Gasteiger partial charge is 0.496 e. The van der Waals surface area contributed by atoms with Crippen molar-refractivity contribution in [3.05, 3.63) is 87.9 Å². The van der Waals surface area contributed by atoms with Crippen molar-refractivity contribution in [1.29, 1.82) is 0 Å². The summed E-state index contributed by atoms with van der Waals surface area (Å²) >= 11 is 12.2. The van der Waals surface area contributed by atoms with E-state index in [4.69, 9.17) is 27.9 Å². The Morgan fingerprint density at radius 1 is 0.833 bits per heavy atom. The Morgan fingerprint density at radius 3 is 2.12 bits per heavy atom. The van der Waals surface area contributed by atoms with Gasteiger partial charge in [0.1, 0.15) is 5.75 Å². The maximum absolute atomic E-state index is 12.6. The molecule has 3 aromatic rings. The van der Waals surface area contributed by atoms with Crippen molar-refractivity contribution >= 4 is 29.0 Å². The first-order valence-corrected chi connectivity index (χ1v) is 8.08. The number of benzene rings is 3. The van der Waals surface area contributed by atoms with Crippen LogP contribution >= 0.6 is 23.2 Å². The Kier molecular flexibility index (Phi) is 4.89. The fourth-order valence-corrected chi connectivity index (χ4v) is 3.06. The number of ketones is 1. The van der Waals surface area contributed by atoms with Crippen LogP contribution in [0, 0.1) is 0 Å². The predicted octanol–water partition coefficient (Wildman–Crippen LogP) is 5.90. The molecular formula is C20H14Cl2O2. The molecule has 4 heteroatoms. The van der Waals surface area contributed by atoms with Gasteiger partial charge in [-0.2, -0.15) is 0 Å². The molecule has 0 aromatic heterocycles. The number of halogens is 2. The lowest BCUT2D eigenvalue weighted by Gasteiger charge is -2.11. The van der Waals surface area contributed by atoms with Crippen molar-refractivity contribution in [2.24, 2.45) is 0 Å². The lowest BCUT2D eigenvalue weighted by atomic mass is 9.98. The minimum absolute atomic E-state index is 0.0513. The third-order valence-electron chi connectivity index (χ3n) is 3.67. The van der Waals surface area contributed by atoms with Crippen molar-refractivity contribution in [3.8, 4) is 16.9 Å². The molecule has 3 aromatic carbocycles. The SMILES string of the molecule is COc1cc(C(=O)c2ccccc2)ccc1-c1cc(Cl)cc(Cl)c1. The summed E-state index contributed by atoms with van der Waals surface area (Å²) in [6, 6.07) is 19.8. The second-order valence-corrected chi connectivity index (χ2v) is 6.14. The van der Waals surface area contributed by atoms with E-state index in [1.54, 1.807) is 37.4 Å². The molecular weight excluding hydrogens is 343 g/mol. The van der Waals surface area contributed by atoms with Gasteiger partial charge in [-0.1, -0.05) is 59.6 Å². The summed E-state index contributed by atoms with van der Waals surface area (Å²) in [5.41, 5.74) is 2.86. The molecule has 0 saturated heterocycles. The first kappa shape index (κ1) is 16.6. The van der Waals surface area contributed by atoms with Crippen LogP contribution in [0.2, 0.25) is 10.0 Å². The van der Waals surface area contributed by atoms with Gasteiger partial charge in [0.25, 0.3) is 0 Å². The normalized spacial score (nSPS) is 10.5. The Labute approximate surface area is 150 Å². The van der Waals surface area contributed by atoms with E-state index < -0.39 is 0 Å². The summed E-state index contributed by atoms with van der Waals surface area (Å²) < 4.78 is 5.47. The van der Waals surface area contributed by atoms with Gasteiger partial charge in [0.2, 0.25) is 0 Å². The lowest BCUT2D eigenvalue weighted by molar-refractivity contribution is 0.103. The van der Waals surface area contributed by atoms with E-state index in [-0.39, 0.29) is 5.78 Å². The molecule has 0 fully saturated rings. The zero-order valence-electron chi connectivity index (χ0n) is 12.9. The molecule has 0 bridgehead atoms. The summed E-state index contributed by atoms with van der Waals surface area (Å²) in [6.45, 7) is 0. The highest BCUT2D eigenvalue weighted by atomic mass is 35.5. The average Bonchev–Trinajstić information content (AvgIpc) is 2.60. The highest BCUT2D eigenvalue weighted by Gasteiger charge is 2.14. The van der Waals surface area contributed by atoms with Crippen LogP contribution in [-0.4, -0.2) is 12.9 Å².